The fraction of sp³-hybridized carbons (Fsp3) is 0.611. The number of hydrogen-bond acceptors (Lipinski definition) is 3. The van der Waals surface area contributed by atoms with E-state index >= 15 is 0 Å². The number of rotatable bonds is 6. The zero-order valence-corrected chi connectivity index (χ0v) is 12.9. The van der Waals surface area contributed by atoms with E-state index in [9.17, 15) is 0 Å². The topological polar surface area (TPSA) is 42.2 Å². The summed E-state index contributed by atoms with van der Waals surface area (Å²) in [6, 6.07) is 7.96. The number of hydrogen-bond donors (Lipinski definition) is 0. The second-order valence-electron chi connectivity index (χ2n) is 5.80. The zero-order chi connectivity index (χ0) is 14.9. The molecule has 0 N–H and O–H groups in total. The number of benzene rings is 1. The van der Waals surface area contributed by atoms with Gasteiger partial charge in [0.15, 0.2) is 0 Å². The first-order valence-corrected chi connectivity index (χ1v) is 8.05. The van der Waals surface area contributed by atoms with E-state index in [2.05, 4.69) is 13.0 Å². The molecule has 3 nitrogen and oxygen atoms in total. The average molecular weight is 287 g/mol. The first-order valence-electron chi connectivity index (χ1n) is 8.05. The largest absolute Gasteiger partial charge is 0.355 e. The lowest BCUT2D eigenvalue weighted by molar-refractivity contribution is -0.127. The molecule has 2 aliphatic carbocycles. The standard InChI is InChI=1S/C11H22O2.C7H3N/c1-2-3-4-5-6-7-11-8-12-10-13-9-11;8-4-6-3-5-1-2-7(5)6/h11H,2-10H2,1H3;1-3H. The molecular weight excluding hydrogens is 262 g/mol. The predicted octanol–water partition coefficient (Wildman–Crippen LogP) is 4.13. The second kappa shape index (κ2) is 8.81. The molecule has 3 rings (SSSR count). The smallest absolute Gasteiger partial charge is 0.146 e. The first-order chi connectivity index (χ1) is 10.3. The quantitative estimate of drug-likeness (QED) is 0.750. The third-order valence-corrected chi connectivity index (χ3v) is 4.04. The third kappa shape index (κ3) is 4.84. The Bertz CT molecular complexity index is 556. The van der Waals surface area contributed by atoms with Crippen LogP contribution in [0.2, 0.25) is 0 Å². The van der Waals surface area contributed by atoms with E-state index in [1.165, 1.54) is 43.7 Å². The summed E-state index contributed by atoms with van der Waals surface area (Å²) < 4.78 is 10.5. The summed E-state index contributed by atoms with van der Waals surface area (Å²) in [7, 11) is 0. The van der Waals surface area contributed by atoms with E-state index in [1.54, 1.807) is 0 Å². The highest BCUT2D eigenvalue weighted by molar-refractivity contribution is 5.41. The molecule has 0 saturated carbocycles. The van der Waals surface area contributed by atoms with Crippen molar-refractivity contribution in [3.05, 3.63) is 34.2 Å². The molecule has 21 heavy (non-hydrogen) atoms. The van der Waals surface area contributed by atoms with Crippen LogP contribution in [-0.2, 0) is 9.47 Å². The molecular formula is C18H25NO2. The number of nitriles is 1. The molecule has 1 fully saturated rings. The summed E-state index contributed by atoms with van der Waals surface area (Å²) in [6.07, 6.45) is 8.11. The van der Waals surface area contributed by atoms with Gasteiger partial charge in [-0.3, -0.25) is 0 Å². The van der Waals surface area contributed by atoms with Crippen LogP contribution in [0, 0.1) is 27.7 Å². The van der Waals surface area contributed by atoms with E-state index in [0.29, 0.717) is 12.7 Å². The Kier molecular flexibility index (Phi) is 6.72. The SMILES string of the molecule is CCCCCCCC1COCOC1.N#Cc1cc2ccc1=2. The van der Waals surface area contributed by atoms with E-state index in [-0.39, 0.29) is 0 Å². The maximum Gasteiger partial charge on any atom is 0.146 e. The van der Waals surface area contributed by atoms with Gasteiger partial charge in [0.25, 0.3) is 0 Å². The molecule has 0 amide bonds. The summed E-state index contributed by atoms with van der Waals surface area (Å²) in [5.41, 5.74) is 0.836. The van der Waals surface area contributed by atoms with Gasteiger partial charge in [-0.05, 0) is 22.9 Å². The van der Waals surface area contributed by atoms with Crippen LogP contribution in [0.1, 0.15) is 51.0 Å². The van der Waals surface area contributed by atoms with Crippen molar-refractivity contribution < 1.29 is 9.47 Å². The van der Waals surface area contributed by atoms with E-state index < -0.39 is 0 Å². The van der Waals surface area contributed by atoms with Crippen molar-refractivity contribution in [1.82, 2.24) is 0 Å². The lowest BCUT2D eigenvalue weighted by Gasteiger charge is -2.21. The summed E-state index contributed by atoms with van der Waals surface area (Å²) in [5, 5.41) is 10.7. The normalized spacial score (nSPS) is 15.8. The van der Waals surface area contributed by atoms with Crippen LogP contribution in [0.4, 0.5) is 0 Å². The molecule has 0 aromatic carbocycles. The van der Waals surface area contributed by atoms with Crippen molar-refractivity contribution in [2.75, 3.05) is 20.0 Å². The van der Waals surface area contributed by atoms with Crippen LogP contribution in [0.25, 0.3) is 0 Å². The maximum absolute atomic E-state index is 8.32. The van der Waals surface area contributed by atoms with Gasteiger partial charge >= 0.3 is 0 Å². The van der Waals surface area contributed by atoms with Gasteiger partial charge in [0.05, 0.1) is 24.8 Å². The molecule has 0 aromatic heterocycles. The zero-order valence-electron chi connectivity index (χ0n) is 12.9. The Hall–Kier alpha value is -1.37. The highest BCUT2D eigenvalue weighted by Crippen LogP contribution is 2.15. The lowest BCUT2D eigenvalue weighted by atomic mass is 10.0. The van der Waals surface area contributed by atoms with Gasteiger partial charge in [-0.1, -0.05) is 51.2 Å². The van der Waals surface area contributed by atoms with Gasteiger partial charge in [0.2, 0.25) is 0 Å². The Balaban J connectivity index is 0.000000170. The number of unbranched alkanes of at least 4 members (excludes halogenated alkanes) is 4. The van der Waals surface area contributed by atoms with Crippen molar-refractivity contribution in [2.45, 2.75) is 45.4 Å². The highest BCUT2D eigenvalue weighted by Gasteiger charge is 2.13. The minimum Gasteiger partial charge on any atom is -0.355 e. The van der Waals surface area contributed by atoms with Crippen molar-refractivity contribution in [3.63, 3.8) is 0 Å². The monoisotopic (exact) mass is 287 g/mol. The van der Waals surface area contributed by atoms with Crippen LogP contribution in [0.3, 0.4) is 0 Å². The Labute approximate surface area is 127 Å². The predicted molar refractivity (Wildman–Crippen MR) is 82.5 cm³/mol. The van der Waals surface area contributed by atoms with Gasteiger partial charge in [0.1, 0.15) is 6.79 Å². The van der Waals surface area contributed by atoms with E-state index in [1.807, 2.05) is 18.2 Å². The van der Waals surface area contributed by atoms with E-state index in [4.69, 9.17) is 14.7 Å². The van der Waals surface area contributed by atoms with Crippen LogP contribution >= 0.6 is 0 Å². The average Bonchev–Trinajstić information content (AvgIpc) is 2.51. The summed E-state index contributed by atoms with van der Waals surface area (Å²) in [4.78, 5) is 0. The molecule has 3 aliphatic rings. The molecule has 1 saturated heterocycles. The fourth-order valence-electron chi connectivity index (χ4n) is 2.62. The minimum absolute atomic E-state index is 0.506. The summed E-state index contributed by atoms with van der Waals surface area (Å²) in [5.74, 6) is 0.662. The van der Waals surface area contributed by atoms with Gasteiger partial charge in [0, 0.05) is 5.92 Å². The molecule has 0 bridgehead atoms. The van der Waals surface area contributed by atoms with Crippen molar-refractivity contribution in [1.29, 1.82) is 5.26 Å². The van der Waals surface area contributed by atoms with Crippen LogP contribution < -0.4 is 0 Å². The molecule has 114 valence electrons. The van der Waals surface area contributed by atoms with Crippen LogP contribution in [0.15, 0.2) is 18.2 Å². The Morgan fingerprint density at radius 2 is 1.90 bits per heavy atom. The van der Waals surface area contributed by atoms with E-state index in [0.717, 1.165) is 24.0 Å². The minimum atomic E-state index is 0.506. The summed E-state index contributed by atoms with van der Waals surface area (Å²) in [6.45, 7) is 4.58. The molecule has 0 spiro atoms. The Morgan fingerprint density at radius 3 is 2.38 bits per heavy atom. The summed E-state index contributed by atoms with van der Waals surface area (Å²) >= 11 is 0. The number of ether oxygens (including phenoxy) is 2. The second-order valence-corrected chi connectivity index (χ2v) is 5.80. The Morgan fingerprint density at radius 1 is 1.14 bits per heavy atom. The lowest BCUT2D eigenvalue weighted by Crippen LogP contribution is -2.23. The van der Waals surface area contributed by atoms with Crippen LogP contribution in [-0.4, -0.2) is 20.0 Å². The van der Waals surface area contributed by atoms with Gasteiger partial charge in [-0.25, -0.2) is 0 Å². The molecule has 0 radical (unpaired) electrons. The first kappa shape index (κ1) is 16.0. The van der Waals surface area contributed by atoms with Crippen LogP contribution in [0.5, 0.6) is 0 Å². The molecule has 0 aromatic rings. The molecule has 0 atom stereocenters. The molecule has 3 heteroatoms. The third-order valence-electron chi connectivity index (χ3n) is 4.04. The number of nitrogens with zero attached hydrogens (tertiary/aromatic N) is 1. The van der Waals surface area contributed by atoms with Crippen molar-refractivity contribution in [2.24, 2.45) is 5.92 Å². The van der Waals surface area contributed by atoms with Gasteiger partial charge < -0.3 is 9.47 Å². The van der Waals surface area contributed by atoms with Gasteiger partial charge in [-0.2, -0.15) is 5.26 Å². The van der Waals surface area contributed by atoms with Gasteiger partial charge in [-0.15, -0.1) is 0 Å². The van der Waals surface area contributed by atoms with Crippen molar-refractivity contribution in [3.8, 4) is 6.07 Å². The van der Waals surface area contributed by atoms with Crippen molar-refractivity contribution >= 4 is 0 Å². The fourth-order valence-corrected chi connectivity index (χ4v) is 2.62. The highest BCUT2D eigenvalue weighted by atomic mass is 16.7. The molecule has 1 aliphatic heterocycles. The molecule has 0 unspecified atom stereocenters. The maximum atomic E-state index is 8.32. The molecule has 1 heterocycles.